The average Bonchev–Trinajstić information content (AvgIpc) is 2.97. The van der Waals surface area contributed by atoms with Crippen LogP contribution < -0.4 is 4.74 Å². The van der Waals surface area contributed by atoms with Crippen molar-refractivity contribution in [1.29, 1.82) is 0 Å². The summed E-state index contributed by atoms with van der Waals surface area (Å²) in [6.07, 6.45) is 1.95. The minimum atomic E-state index is 0.720. The zero-order valence-electron chi connectivity index (χ0n) is 11.2. The third-order valence-electron chi connectivity index (χ3n) is 3.09. The van der Waals surface area contributed by atoms with Crippen LogP contribution in [-0.2, 0) is 6.54 Å². The molecule has 0 radical (unpaired) electrons. The van der Waals surface area contributed by atoms with Gasteiger partial charge in [0, 0.05) is 5.56 Å². The fourth-order valence-corrected chi connectivity index (χ4v) is 2.06. The van der Waals surface area contributed by atoms with Gasteiger partial charge in [0.25, 0.3) is 0 Å². The predicted molar refractivity (Wildman–Crippen MR) is 77.6 cm³/mol. The Bertz CT molecular complexity index is 692. The van der Waals surface area contributed by atoms with Crippen LogP contribution >= 0.6 is 0 Å². The molecule has 2 aromatic carbocycles. The molecule has 0 bridgehead atoms. The molecule has 4 heteroatoms. The van der Waals surface area contributed by atoms with Crippen molar-refractivity contribution in [2.45, 2.75) is 6.54 Å². The number of hydrogen-bond acceptors (Lipinski definition) is 3. The third-order valence-corrected chi connectivity index (χ3v) is 3.09. The van der Waals surface area contributed by atoms with Crippen LogP contribution in [0.25, 0.3) is 11.3 Å². The molecular formula is C16H15N3O. The van der Waals surface area contributed by atoms with E-state index in [1.54, 1.807) is 7.11 Å². The third kappa shape index (κ3) is 2.69. The molecule has 0 aliphatic heterocycles. The van der Waals surface area contributed by atoms with E-state index >= 15 is 0 Å². The summed E-state index contributed by atoms with van der Waals surface area (Å²) in [6, 6.07) is 18.0. The standard InChI is InChI=1S/C16H15N3O/c1-20-15-9-5-8-14(10-15)16-12-19(18-17-16)11-13-6-3-2-4-7-13/h2-10,12H,11H2,1H3. The van der Waals surface area contributed by atoms with Crippen LogP contribution in [-0.4, -0.2) is 22.1 Å². The van der Waals surface area contributed by atoms with E-state index in [1.165, 1.54) is 5.56 Å². The Morgan fingerprint density at radius 3 is 2.70 bits per heavy atom. The Labute approximate surface area is 117 Å². The van der Waals surface area contributed by atoms with Gasteiger partial charge in [0.2, 0.25) is 0 Å². The normalized spacial score (nSPS) is 10.4. The largest absolute Gasteiger partial charge is 0.497 e. The van der Waals surface area contributed by atoms with Crippen LogP contribution in [0.1, 0.15) is 5.56 Å². The second-order valence-electron chi connectivity index (χ2n) is 4.52. The van der Waals surface area contributed by atoms with E-state index in [4.69, 9.17) is 4.74 Å². The zero-order chi connectivity index (χ0) is 13.8. The summed E-state index contributed by atoms with van der Waals surface area (Å²) < 4.78 is 7.06. The molecule has 1 heterocycles. The van der Waals surface area contributed by atoms with Gasteiger partial charge in [-0.05, 0) is 17.7 Å². The predicted octanol–water partition coefficient (Wildman–Crippen LogP) is 3.00. The van der Waals surface area contributed by atoms with Crippen LogP contribution in [0.3, 0.4) is 0 Å². The molecule has 0 saturated heterocycles. The fraction of sp³-hybridized carbons (Fsp3) is 0.125. The number of hydrogen-bond donors (Lipinski definition) is 0. The van der Waals surface area contributed by atoms with Crippen molar-refractivity contribution >= 4 is 0 Å². The van der Waals surface area contributed by atoms with E-state index in [0.29, 0.717) is 0 Å². The van der Waals surface area contributed by atoms with Crippen molar-refractivity contribution in [1.82, 2.24) is 15.0 Å². The SMILES string of the molecule is COc1cccc(-c2cn(Cc3ccccc3)nn2)c1. The average molecular weight is 265 g/mol. The molecule has 3 aromatic rings. The quantitative estimate of drug-likeness (QED) is 0.728. The van der Waals surface area contributed by atoms with Crippen molar-refractivity contribution < 1.29 is 4.74 Å². The molecule has 4 nitrogen and oxygen atoms in total. The highest BCUT2D eigenvalue weighted by Crippen LogP contribution is 2.21. The summed E-state index contributed by atoms with van der Waals surface area (Å²) in [5.74, 6) is 0.820. The lowest BCUT2D eigenvalue weighted by Gasteiger charge is -2.01. The molecule has 0 aliphatic rings. The van der Waals surface area contributed by atoms with Gasteiger partial charge in [-0.3, -0.25) is 0 Å². The first kappa shape index (κ1) is 12.4. The highest BCUT2D eigenvalue weighted by Gasteiger charge is 2.05. The van der Waals surface area contributed by atoms with E-state index < -0.39 is 0 Å². The first-order chi connectivity index (χ1) is 9.85. The van der Waals surface area contributed by atoms with E-state index in [1.807, 2.05) is 53.3 Å². The first-order valence-corrected chi connectivity index (χ1v) is 6.43. The van der Waals surface area contributed by atoms with E-state index in [0.717, 1.165) is 23.6 Å². The van der Waals surface area contributed by atoms with E-state index in [9.17, 15) is 0 Å². The lowest BCUT2D eigenvalue weighted by molar-refractivity contribution is 0.415. The zero-order valence-corrected chi connectivity index (χ0v) is 11.2. The Morgan fingerprint density at radius 1 is 1.05 bits per heavy atom. The number of rotatable bonds is 4. The summed E-state index contributed by atoms with van der Waals surface area (Å²) in [5.41, 5.74) is 3.05. The summed E-state index contributed by atoms with van der Waals surface area (Å²) >= 11 is 0. The van der Waals surface area contributed by atoms with Gasteiger partial charge in [0.15, 0.2) is 0 Å². The van der Waals surface area contributed by atoms with Gasteiger partial charge < -0.3 is 4.74 Å². The number of benzene rings is 2. The number of ether oxygens (including phenoxy) is 1. The Balaban J connectivity index is 1.83. The van der Waals surface area contributed by atoms with Gasteiger partial charge in [0.05, 0.1) is 19.9 Å². The maximum Gasteiger partial charge on any atom is 0.119 e. The highest BCUT2D eigenvalue weighted by molar-refractivity contribution is 5.59. The minimum absolute atomic E-state index is 0.720. The lowest BCUT2D eigenvalue weighted by atomic mass is 10.1. The minimum Gasteiger partial charge on any atom is -0.497 e. The Hall–Kier alpha value is -2.62. The molecule has 0 fully saturated rings. The van der Waals surface area contributed by atoms with Crippen LogP contribution in [0.4, 0.5) is 0 Å². The van der Waals surface area contributed by atoms with Crippen molar-refractivity contribution in [2.75, 3.05) is 7.11 Å². The molecule has 20 heavy (non-hydrogen) atoms. The van der Waals surface area contributed by atoms with Crippen molar-refractivity contribution in [3.63, 3.8) is 0 Å². The maximum atomic E-state index is 5.22. The molecule has 0 spiro atoms. The molecule has 3 rings (SSSR count). The van der Waals surface area contributed by atoms with Crippen LogP contribution in [0.5, 0.6) is 5.75 Å². The van der Waals surface area contributed by atoms with E-state index in [2.05, 4.69) is 22.4 Å². The van der Waals surface area contributed by atoms with Gasteiger partial charge >= 0.3 is 0 Å². The molecule has 0 N–H and O–H groups in total. The van der Waals surface area contributed by atoms with Gasteiger partial charge in [-0.25, -0.2) is 4.68 Å². The summed E-state index contributed by atoms with van der Waals surface area (Å²) in [6.45, 7) is 0.720. The van der Waals surface area contributed by atoms with Crippen LogP contribution in [0, 0.1) is 0 Å². The van der Waals surface area contributed by atoms with Gasteiger partial charge in [-0.1, -0.05) is 47.7 Å². The fourth-order valence-electron chi connectivity index (χ4n) is 2.06. The van der Waals surface area contributed by atoms with Crippen molar-refractivity contribution in [2.24, 2.45) is 0 Å². The van der Waals surface area contributed by atoms with Gasteiger partial charge in [-0.15, -0.1) is 5.10 Å². The molecule has 0 unspecified atom stereocenters. The molecule has 1 aromatic heterocycles. The Kier molecular flexibility index (Phi) is 3.46. The van der Waals surface area contributed by atoms with E-state index in [-0.39, 0.29) is 0 Å². The van der Waals surface area contributed by atoms with Gasteiger partial charge in [-0.2, -0.15) is 0 Å². The molecule has 0 saturated carbocycles. The first-order valence-electron chi connectivity index (χ1n) is 6.43. The van der Waals surface area contributed by atoms with Crippen molar-refractivity contribution in [3.8, 4) is 17.0 Å². The topological polar surface area (TPSA) is 39.9 Å². The second-order valence-corrected chi connectivity index (χ2v) is 4.52. The lowest BCUT2D eigenvalue weighted by Crippen LogP contribution is -1.99. The summed E-state index contributed by atoms with van der Waals surface area (Å²) in [7, 11) is 1.66. The summed E-state index contributed by atoms with van der Waals surface area (Å²) in [5, 5.41) is 8.38. The number of nitrogens with zero attached hydrogens (tertiary/aromatic N) is 3. The van der Waals surface area contributed by atoms with Crippen LogP contribution in [0.2, 0.25) is 0 Å². The highest BCUT2D eigenvalue weighted by atomic mass is 16.5. The molecule has 0 aliphatic carbocycles. The van der Waals surface area contributed by atoms with Gasteiger partial charge in [0.1, 0.15) is 11.4 Å². The monoisotopic (exact) mass is 265 g/mol. The smallest absolute Gasteiger partial charge is 0.119 e. The Morgan fingerprint density at radius 2 is 1.90 bits per heavy atom. The summed E-state index contributed by atoms with van der Waals surface area (Å²) in [4.78, 5) is 0. The van der Waals surface area contributed by atoms with Crippen LogP contribution in [0.15, 0.2) is 60.8 Å². The number of methoxy groups -OCH3 is 1. The molecule has 0 amide bonds. The molecule has 100 valence electrons. The second kappa shape index (κ2) is 5.57. The maximum absolute atomic E-state index is 5.22. The van der Waals surface area contributed by atoms with Crippen molar-refractivity contribution in [3.05, 3.63) is 66.4 Å². The molecule has 0 atom stereocenters. The molecular weight excluding hydrogens is 250 g/mol. The number of aromatic nitrogens is 3.